The van der Waals surface area contributed by atoms with Gasteiger partial charge in [0.2, 0.25) is 0 Å². The van der Waals surface area contributed by atoms with E-state index in [4.69, 9.17) is 11.6 Å². The van der Waals surface area contributed by atoms with Gasteiger partial charge in [0.05, 0.1) is 10.7 Å². The first kappa shape index (κ1) is 15.0. The lowest BCUT2D eigenvalue weighted by atomic mass is 10.3. The summed E-state index contributed by atoms with van der Waals surface area (Å²) in [5.41, 5.74) is 0.848. The molecule has 2 rings (SSSR count). The minimum absolute atomic E-state index is 0.271. The average Bonchev–Trinajstić information content (AvgIpc) is 2.45. The monoisotopic (exact) mass is 308 g/mol. The summed E-state index contributed by atoms with van der Waals surface area (Å²) in [6, 6.07) is 10.9. The van der Waals surface area contributed by atoms with Crippen molar-refractivity contribution in [2.24, 2.45) is 0 Å². The van der Waals surface area contributed by atoms with Crippen molar-refractivity contribution in [1.82, 2.24) is 4.98 Å². The third-order valence-corrected chi connectivity index (χ3v) is 4.02. The summed E-state index contributed by atoms with van der Waals surface area (Å²) in [6.45, 7) is 3.01. The van der Waals surface area contributed by atoms with E-state index in [1.165, 1.54) is 0 Å². The van der Waals surface area contributed by atoms with Crippen molar-refractivity contribution in [2.75, 3.05) is 11.9 Å². The van der Waals surface area contributed by atoms with Crippen LogP contribution in [0.5, 0.6) is 5.75 Å². The van der Waals surface area contributed by atoms with E-state index in [2.05, 4.69) is 17.2 Å². The lowest BCUT2D eigenvalue weighted by molar-refractivity contribution is 0.474. The molecule has 0 aliphatic heterocycles. The van der Waals surface area contributed by atoms with Crippen LogP contribution in [0.1, 0.15) is 19.0 Å². The van der Waals surface area contributed by atoms with Crippen LogP contribution in [0.4, 0.5) is 5.82 Å². The van der Waals surface area contributed by atoms with Crippen molar-refractivity contribution in [3.63, 3.8) is 0 Å². The molecule has 0 aliphatic rings. The van der Waals surface area contributed by atoms with Crippen molar-refractivity contribution in [2.45, 2.75) is 24.0 Å². The molecular weight excluding hydrogens is 292 g/mol. The van der Waals surface area contributed by atoms with E-state index in [0.29, 0.717) is 10.8 Å². The van der Waals surface area contributed by atoms with Gasteiger partial charge >= 0.3 is 0 Å². The second-order valence-corrected chi connectivity index (χ2v) is 5.79. The number of hydrogen-bond acceptors (Lipinski definition) is 4. The Labute approximate surface area is 128 Å². The highest BCUT2D eigenvalue weighted by Gasteiger charge is 2.05. The number of benzene rings is 1. The highest BCUT2D eigenvalue weighted by Crippen LogP contribution is 2.28. The maximum Gasteiger partial charge on any atom is 0.126 e. The highest BCUT2D eigenvalue weighted by molar-refractivity contribution is 7.98. The van der Waals surface area contributed by atoms with Gasteiger partial charge < -0.3 is 10.4 Å². The van der Waals surface area contributed by atoms with E-state index in [1.807, 2.05) is 24.3 Å². The lowest BCUT2D eigenvalue weighted by Crippen LogP contribution is -2.03. The Hall–Kier alpha value is -1.39. The number of pyridine rings is 1. The molecule has 0 fully saturated rings. The van der Waals surface area contributed by atoms with Crippen molar-refractivity contribution in [1.29, 1.82) is 0 Å². The summed E-state index contributed by atoms with van der Waals surface area (Å²) in [5.74, 6) is 1.79. The molecule has 0 amide bonds. The summed E-state index contributed by atoms with van der Waals surface area (Å²) >= 11 is 7.77. The van der Waals surface area contributed by atoms with E-state index in [0.717, 1.165) is 29.4 Å². The van der Waals surface area contributed by atoms with E-state index in [1.54, 1.807) is 23.9 Å². The van der Waals surface area contributed by atoms with Gasteiger partial charge in [-0.15, -0.1) is 11.8 Å². The molecule has 0 radical (unpaired) electrons. The zero-order valence-electron chi connectivity index (χ0n) is 11.3. The van der Waals surface area contributed by atoms with Gasteiger partial charge in [0.25, 0.3) is 0 Å². The molecule has 106 valence electrons. The fraction of sp³-hybridized carbons (Fsp3) is 0.267. The molecule has 2 aromatic rings. The highest BCUT2D eigenvalue weighted by atomic mass is 35.5. The van der Waals surface area contributed by atoms with Crippen LogP contribution in [0.3, 0.4) is 0 Å². The van der Waals surface area contributed by atoms with Crippen molar-refractivity contribution in [3.8, 4) is 5.75 Å². The first-order chi connectivity index (χ1) is 9.69. The number of aromatic hydroxyl groups is 1. The second kappa shape index (κ2) is 7.41. The van der Waals surface area contributed by atoms with Gasteiger partial charge in [0.15, 0.2) is 0 Å². The van der Waals surface area contributed by atoms with Crippen LogP contribution >= 0.6 is 23.4 Å². The molecular formula is C15H17ClN2OS. The molecule has 0 spiro atoms. The molecule has 5 heteroatoms. The minimum atomic E-state index is 0.271. The fourth-order valence-electron chi connectivity index (χ4n) is 1.66. The number of nitrogens with zero attached hydrogens (tertiary/aromatic N) is 1. The van der Waals surface area contributed by atoms with Gasteiger partial charge in [-0.25, -0.2) is 4.98 Å². The maximum absolute atomic E-state index is 9.44. The molecule has 20 heavy (non-hydrogen) atoms. The predicted octanol–water partition coefficient (Wildman–Crippen LogP) is 4.55. The SMILES string of the molecule is CCCNc1ccc(Cl)c(CSc2cccc(O)c2)n1. The molecule has 0 unspecified atom stereocenters. The standard InChI is InChI=1S/C15H17ClN2OS/c1-2-8-17-15-7-6-13(16)14(18-15)10-20-12-5-3-4-11(19)9-12/h3-7,9,19H,2,8,10H2,1H3,(H,17,18). The van der Waals surface area contributed by atoms with Gasteiger partial charge in [-0.1, -0.05) is 24.6 Å². The number of nitrogens with one attached hydrogen (secondary N) is 1. The normalized spacial score (nSPS) is 10.5. The third-order valence-electron chi connectivity index (χ3n) is 2.67. The number of hydrogen-bond donors (Lipinski definition) is 2. The average molecular weight is 309 g/mol. The molecule has 1 aromatic carbocycles. The van der Waals surface area contributed by atoms with Crippen molar-refractivity contribution in [3.05, 3.63) is 47.1 Å². The molecule has 3 nitrogen and oxygen atoms in total. The molecule has 0 aliphatic carbocycles. The van der Waals surface area contributed by atoms with Crippen LogP contribution in [0.25, 0.3) is 0 Å². The summed E-state index contributed by atoms with van der Waals surface area (Å²) in [4.78, 5) is 5.52. The smallest absolute Gasteiger partial charge is 0.126 e. The number of thioether (sulfide) groups is 1. The predicted molar refractivity (Wildman–Crippen MR) is 85.7 cm³/mol. The summed E-state index contributed by atoms with van der Waals surface area (Å²) in [5, 5.41) is 13.4. The number of halogens is 1. The van der Waals surface area contributed by atoms with Gasteiger partial charge in [-0.2, -0.15) is 0 Å². The van der Waals surface area contributed by atoms with Crippen molar-refractivity contribution < 1.29 is 5.11 Å². The Kier molecular flexibility index (Phi) is 5.56. The van der Waals surface area contributed by atoms with Crippen LogP contribution in [0, 0.1) is 0 Å². The molecule has 0 saturated heterocycles. The third kappa shape index (κ3) is 4.32. The lowest BCUT2D eigenvalue weighted by Gasteiger charge is -2.08. The quantitative estimate of drug-likeness (QED) is 0.768. The first-order valence-corrected chi connectivity index (χ1v) is 7.86. The zero-order chi connectivity index (χ0) is 14.4. The number of anilines is 1. The maximum atomic E-state index is 9.44. The Morgan fingerprint density at radius 1 is 1.30 bits per heavy atom. The molecule has 1 aromatic heterocycles. The van der Waals surface area contributed by atoms with E-state index >= 15 is 0 Å². The Morgan fingerprint density at radius 2 is 2.15 bits per heavy atom. The fourth-order valence-corrected chi connectivity index (χ4v) is 2.82. The van der Waals surface area contributed by atoms with Gasteiger partial charge in [-0.3, -0.25) is 0 Å². The van der Waals surface area contributed by atoms with Crippen LogP contribution in [-0.4, -0.2) is 16.6 Å². The Bertz CT molecular complexity index is 578. The van der Waals surface area contributed by atoms with Gasteiger partial charge in [0.1, 0.15) is 11.6 Å². The summed E-state index contributed by atoms with van der Waals surface area (Å²) in [6.07, 6.45) is 1.05. The second-order valence-electron chi connectivity index (χ2n) is 4.34. The molecule has 1 heterocycles. The largest absolute Gasteiger partial charge is 0.508 e. The van der Waals surface area contributed by atoms with Crippen LogP contribution in [-0.2, 0) is 5.75 Å². The van der Waals surface area contributed by atoms with E-state index in [9.17, 15) is 5.11 Å². The molecule has 0 saturated carbocycles. The number of aromatic nitrogens is 1. The number of rotatable bonds is 6. The van der Waals surface area contributed by atoms with Crippen LogP contribution < -0.4 is 5.32 Å². The topological polar surface area (TPSA) is 45.1 Å². The Balaban J connectivity index is 2.04. The minimum Gasteiger partial charge on any atom is -0.508 e. The van der Waals surface area contributed by atoms with Gasteiger partial charge in [0, 0.05) is 17.2 Å². The van der Waals surface area contributed by atoms with Crippen LogP contribution in [0.15, 0.2) is 41.3 Å². The zero-order valence-corrected chi connectivity index (χ0v) is 12.8. The van der Waals surface area contributed by atoms with Crippen LogP contribution in [0.2, 0.25) is 5.02 Å². The summed E-state index contributed by atoms with van der Waals surface area (Å²) in [7, 11) is 0. The number of phenolic OH excluding ortho intramolecular Hbond substituents is 1. The first-order valence-electron chi connectivity index (χ1n) is 6.50. The number of phenols is 1. The van der Waals surface area contributed by atoms with Gasteiger partial charge in [-0.05, 0) is 36.8 Å². The summed E-state index contributed by atoms with van der Waals surface area (Å²) < 4.78 is 0. The molecule has 2 N–H and O–H groups in total. The Morgan fingerprint density at radius 3 is 2.90 bits per heavy atom. The molecule has 0 atom stereocenters. The molecule has 0 bridgehead atoms. The van der Waals surface area contributed by atoms with E-state index in [-0.39, 0.29) is 5.75 Å². The van der Waals surface area contributed by atoms with Crippen molar-refractivity contribution >= 4 is 29.2 Å². The van der Waals surface area contributed by atoms with E-state index < -0.39 is 0 Å².